The van der Waals surface area contributed by atoms with Crippen LogP contribution in [0.15, 0.2) is 0 Å². The predicted octanol–water partition coefficient (Wildman–Crippen LogP) is 2.02. The first kappa shape index (κ1) is 13.3. The minimum atomic E-state index is 0.0310. The highest BCUT2D eigenvalue weighted by atomic mass is 16.5. The number of ether oxygens (including phenoxy) is 1. The fraction of sp³-hybridized carbons (Fsp3) is 1.00. The molecule has 2 unspecified atom stereocenters. The molecule has 0 amide bonds. The summed E-state index contributed by atoms with van der Waals surface area (Å²) in [6.45, 7) is 11.2. The molecule has 0 saturated carbocycles. The van der Waals surface area contributed by atoms with Gasteiger partial charge in [0.2, 0.25) is 0 Å². The third kappa shape index (κ3) is 4.23. The van der Waals surface area contributed by atoms with Crippen molar-refractivity contribution in [2.45, 2.75) is 64.2 Å². The second-order valence-electron chi connectivity index (χ2n) is 6.36. The van der Waals surface area contributed by atoms with E-state index in [2.05, 4.69) is 31.0 Å². The van der Waals surface area contributed by atoms with Gasteiger partial charge >= 0.3 is 0 Å². The fourth-order valence-corrected chi connectivity index (χ4v) is 3.32. The van der Waals surface area contributed by atoms with Gasteiger partial charge in [-0.1, -0.05) is 0 Å². The first-order valence-corrected chi connectivity index (χ1v) is 7.19. The van der Waals surface area contributed by atoms with Gasteiger partial charge in [0.1, 0.15) is 0 Å². The number of nitrogens with zero attached hydrogens (tertiary/aromatic N) is 1. The first-order chi connectivity index (χ1) is 8.05. The fourth-order valence-electron chi connectivity index (χ4n) is 3.32. The number of hydrogen-bond donors (Lipinski definition) is 1. The van der Waals surface area contributed by atoms with Crippen LogP contribution in [-0.2, 0) is 4.74 Å². The summed E-state index contributed by atoms with van der Waals surface area (Å²) < 4.78 is 5.93. The summed E-state index contributed by atoms with van der Waals surface area (Å²) >= 11 is 0. The van der Waals surface area contributed by atoms with E-state index in [4.69, 9.17) is 4.74 Å². The van der Waals surface area contributed by atoms with Gasteiger partial charge in [0.25, 0.3) is 0 Å². The molecule has 0 aromatic carbocycles. The first-order valence-electron chi connectivity index (χ1n) is 7.19. The number of rotatable bonds is 4. The summed E-state index contributed by atoms with van der Waals surface area (Å²) in [5.74, 6) is 0. The minimum Gasteiger partial charge on any atom is -0.370 e. The topological polar surface area (TPSA) is 24.5 Å². The zero-order valence-corrected chi connectivity index (χ0v) is 11.7. The molecule has 2 rings (SSSR count). The third-order valence-corrected chi connectivity index (χ3v) is 3.83. The summed E-state index contributed by atoms with van der Waals surface area (Å²) in [5.41, 5.74) is 0.0310. The monoisotopic (exact) mass is 240 g/mol. The Morgan fingerprint density at radius 2 is 2.24 bits per heavy atom. The maximum Gasteiger partial charge on any atom is 0.0757 e. The molecule has 1 N–H and O–H groups in total. The van der Waals surface area contributed by atoms with Crippen LogP contribution in [0.3, 0.4) is 0 Å². The third-order valence-electron chi connectivity index (χ3n) is 3.83. The molecule has 0 spiro atoms. The highest BCUT2D eigenvalue weighted by Gasteiger charge is 2.30. The van der Waals surface area contributed by atoms with Crippen LogP contribution in [-0.4, -0.2) is 48.8 Å². The second kappa shape index (κ2) is 5.68. The van der Waals surface area contributed by atoms with Crippen LogP contribution in [0.5, 0.6) is 0 Å². The normalized spacial score (nSPS) is 34.1. The van der Waals surface area contributed by atoms with Gasteiger partial charge in [-0.2, -0.15) is 0 Å². The number of morpholine rings is 1. The zero-order valence-electron chi connectivity index (χ0n) is 11.7. The molecule has 0 aliphatic carbocycles. The summed E-state index contributed by atoms with van der Waals surface area (Å²) in [5, 5.41) is 3.58. The van der Waals surface area contributed by atoms with Gasteiger partial charge in [0.15, 0.2) is 0 Å². The Bertz CT molecular complexity index is 236. The molecule has 0 bridgehead atoms. The molecule has 17 heavy (non-hydrogen) atoms. The van der Waals surface area contributed by atoms with E-state index >= 15 is 0 Å². The van der Waals surface area contributed by atoms with Crippen LogP contribution in [0.2, 0.25) is 0 Å². The van der Waals surface area contributed by atoms with E-state index in [9.17, 15) is 0 Å². The van der Waals surface area contributed by atoms with E-state index in [-0.39, 0.29) is 5.60 Å². The van der Waals surface area contributed by atoms with Gasteiger partial charge in [-0.15, -0.1) is 0 Å². The van der Waals surface area contributed by atoms with Crippen LogP contribution < -0.4 is 5.32 Å². The summed E-state index contributed by atoms with van der Waals surface area (Å²) in [6, 6.07) is 0.793. The Morgan fingerprint density at radius 1 is 1.41 bits per heavy atom. The molecule has 2 fully saturated rings. The van der Waals surface area contributed by atoms with E-state index < -0.39 is 0 Å². The number of hydrogen-bond acceptors (Lipinski definition) is 3. The van der Waals surface area contributed by atoms with Crippen LogP contribution in [0.1, 0.15) is 46.5 Å². The standard InChI is InChI=1S/C14H28N2O/c1-12-10-16(11-14(2,3)17-12)9-5-7-13-6-4-8-15-13/h12-13,15H,4-11H2,1-3H3. The van der Waals surface area contributed by atoms with E-state index in [1.807, 2.05) is 0 Å². The average molecular weight is 240 g/mol. The molecular formula is C14H28N2O. The van der Waals surface area contributed by atoms with Gasteiger partial charge in [-0.25, -0.2) is 0 Å². The second-order valence-corrected chi connectivity index (χ2v) is 6.36. The maximum absolute atomic E-state index is 5.93. The summed E-state index contributed by atoms with van der Waals surface area (Å²) in [7, 11) is 0. The van der Waals surface area contributed by atoms with Gasteiger partial charge in [0.05, 0.1) is 11.7 Å². The van der Waals surface area contributed by atoms with E-state index in [0.717, 1.165) is 19.1 Å². The Morgan fingerprint density at radius 3 is 2.88 bits per heavy atom. The van der Waals surface area contributed by atoms with Crippen molar-refractivity contribution >= 4 is 0 Å². The van der Waals surface area contributed by atoms with E-state index in [0.29, 0.717) is 6.10 Å². The molecule has 2 saturated heterocycles. The molecule has 2 aliphatic rings. The van der Waals surface area contributed by atoms with Crippen molar-refractivity contribution < 1.29 is 4.74 Å². The molecule has 0 aromatic heterocycles. The molecule has 2 aliphatic heterocycles. The number of nitrogens with one attached hydrogen (secondary N) is 1. The molecule has 2 atom stereocenters. The van der Waals surface area contributed by atoms with Crippen LogP contribution >= 0.6 is 0 Å². The summed E-state index contributed by atoms with van der Waals surface area (Å²) in [6.07, 6.45) is 5.78. The Hall–Kier alpha value is -0.120. The smallest absolute Gasteiger partial charge is 0.0757 e. The lowest BCUT2D eigenvalue weighted by atomic mass is 10.0. The van der Waals surface area contributed by atoms with Gasteiger partial charge in [-0.3, -0.25) is 4.90 Å². The molecule has 2 heterocycles. The van der Waals surface area contributed by atoms with Crippen molar-refractivity contribution in [2.75, 3.05) is 26.2 Å². The maximum atomic E-state index is 5.93. The predicted molar refractivity (Wildman–Crippen MR) is 71.3 cm³/mol. The lowest BCUT2D eigenvalue weighted by molar-refractivity contribution is -0.128. The highest BCUT2D eigenvalue weighted by Crippen LogP contribution is 2.21. The van der Waals surface area contributed by atoms with Crippen LogP contribution in [0, 0.1) is 0 Å². The molecule has 3 nitrogen and oxygen atoms in total. The van der Waals surface area contributed by atoms with Gasteiger partial charge in [0, 0.05) is 19.1 Å². The van der Waals surface area contributed by atoms with Crippen molar-refractivity contribution in [2.24, 2.45) is 0 Å². The lowest BCUT2D eigenvalue weighted by Crippen LogP contribution is -2.52. The van der Waals surface area contributed by atoms with Crippen LogP contribution in [0.25, 0.3) is 0 Å². The van der Waals surface area contributed by atoms with Gasteiger partial charge in [-0.05, 0) is 59.5 Å². The van der Waals surface area contributed by atoms with Crippen molar-refractivity contribution in [3.63, 3.8) is 0 Å². The van der Waals surface area contributed by atoms with Crippen molar-refractivity contribution in [3.8, 4) is 0 Å². The largest absolute Gasteiger partial charge is 0.370 e. The highest BCUT2D eigenvalue weighted by molar-refractivity contribution is 4.83. The van der Waals surface area contributed by atoms with Crippen LogP contribution in [0.4, 0.5) is 0 Å². The Kier molecular flexibility index (Phi) is 4.45. The van der Waals surface area contributed by atoms with E-state index in [1.54, 1.807) is 0 Å². The summed E-state index contributed by atoms with van der Waals surface area (Å²) in [4.78, 5) is 2.57. The Labute approximate surface area is 106 Å². The van der Waals surface area contributed by atoms with Crippen molar-refractivity contribution in [3.05, 3.63) is 0 Å². The van der Waals surface area contributed by atoms with E-state index in [1.165, 1.54) is 38.8 Å². The molecule has 0 aromatic rings. The van der Waals surface area contributed by atoms with Crippen molar-refractivity contribution in [1.82, 2.24) is 10.2 Å². The molecule has 0 radical (unpaired) electrons. The molecule has 3 heteroatoms. The molecular weight excluding hydrogens is 212 g/mol. The van der Waals surface area contributed by atoms with Gasteiger partial charge < -0.3 is 10.1 Å². The average Bonchev–Trinajstić information content (AvgIpc) is 2.67. The minimum absolute atomic E-state index is 0.0310. The quantitative estimate of drug-likeness (QED) is 0.813. The zero-order chi connectivity index (χ0) is 12.3. The SMILES string of the molecule is CC1CN(CCCC2CCCN2)CC(C)(C)O1. The van der Waals surface area contributed by atoms with Crippen molar-refractivity contribution in [1.29, 1.82) is 0 Å². The lowest BCUT2D eigenvalue weighted by Gasteiger charge is -2.41. The molecule has 100 valence electrons. The Balaban J connectivity index is 1.67.